The highest BCUT2D eigenvalue weighted by molar-refractivity contribution is 5.35. The van der Waals surface area contributed by atoms with Gasteiger partial charge in [0.1, 0.15) is 5.75 Å². The molecule has 14 heavy (non-hydrogen) atoms. The Balaban J connectivity index is 1.84. The first-order valence-corrected chi connectivity index (χ1v) is 5.36. The summed E-state index contributed by atoms with van der Waals surface area (Å²) in [6.45, 7) is 1.13. The van der Waals surface area contributed by atoms with Crippen LogP contribution in [0, 0.1) is 11.8 Å². The molecule has 1 aliphatic carbocycles. The smallest absolute Gasteiger partial charge is 0.120 e. The number of aromatic hydroxyl groups is 1. The lowest BCUT2D eigenvalue weighted by molar-refractivity contribution is 0.378. The van der Waals surface area contributed by atoms with Gasteiger partial charge in [-0.1, -0.05) is 18.2 Å². The van der Waals surface area contributed by atoms with Crippen LogP contribution >= 0.6 is 0 Å². The average molecular weight is 189 g/mol. The summed E-state index contributed by atoms with van der Waals surface area (Å²) in [5, 5.41) is 13.2. The van der Waals surface area contributed by atoms with Crippen LogP contribution in [0.2, 0.25) is 0 Å². The fourth-order valence-corrected chi connectivity index (χ4v) is 2.55. The molecule has 0 radical (unpaired) electrons. The highest BCUT2D eigenvalue weighted by Gasteiger charge is 2.42. The standard InChI is InChI=1S/C12H15NO/c14-12-4-2-1-3-10(12)11-6-8-5-9(8)7-13-11/h1-4,8-9,11,13-14H,5-7H2. The Hall–Kier alpha value is -1.02. The summed E-state index contributed by atoms with van der Waals surface area (Å²) in [4.78, 5) is 0. The van der Waals surface area contributed by atoms with Crippen molar-refractivity contribution in [2.75, 3.05) is 6.54 Å². The third-order valence-electron chi connectivity index (χ3n) is 3.55. The van der Waals surface area contributed by atoms with Crippen LogP contribution < -0.4 is 5.32 Å². The van der Waals surface area contributed by atoms with Gasteiger partial charge in [0.2, 0.25) is 0 Å². The van der Waals surface area contributed by atoms with Crippen LogP contribution in [-0.4, -0.2) is 11.7 Å². The number of phenolic OH excluding ortho intramolecular Hbond substituents is 1. The van der Waals surface area contributed by atoms with Gasteiger partial charge in [-0.05, 0) is 37.3 Å². The zero-order chi connectivity index (χ0) is 9.54. The minimum Gasteiger partial charge on any atom is -0.508 e. The summed E-state index contributed by atoms with van der Waals surface area (Å²) in [7, 11) is 0. The molecule has 1 heterocycles. The van der Waals surface area contributed by atoms with E-state index < -0.39 is 0 Å². The van der Waals surface area contributed by atoms with Gasteiger partial charge in [-0.3, -0.25) is 0 Å². The number of piperidine rings is 1. The van der Waals surface area contributed by atoms with Crippen LogP contribution in [0.3, 0.4) is 0 Å². The quantitative estimate of drug-likeness (QED) is 0.708. The molecule has 0 bridgehead atoms. The first-order valence-electron chi connectivity index (χ1n) is 5.36. The second kappa shape index (κ2) is 2.99. The minimum absolute atomic E-state index is 0.375. The maximum absolute atomic E-state index is 9.72. The number of benzene rings is 1. The number of rotatable bonds is 1. The van der Waals surface area contributed by atoms with E-state index in [1.165, 1.54) is 12.8 Å². The Bertz CT molecular complexity index is 350. The van der Waals surface area contributed by atoms with E-state index in [0.717, 1.165) is 23.9 Å². The van der Waals surface area contributed by atoms with Crippen LogP contribution in [-0.2, 0) is 0 Å². The van der Waals surface area contributed by atoms with E-state index in [1.807, 2.05) is 18.2 Å². The maximum Gasteiger partial charge on any atom is 0.120 e. The van der Waals surface area contributed by atoms with E-state index in [4.69, 9.17) is 0 Å². The summed E-state index contributed by atoms with van der Waals surface area (Å²) >= 11 is 0. The van der Waals surface area contributed by atoms with Gasteiger partial charge in [0.25, 0.3) is 0 Å². The fourth-order valence-electron chi connectivity index (χ4n) is 2.55. The second-order valence-electron chi connectivity index (χ2n) is 4.51. The number of hydrogen-bond acceptors (Lipinski definition) is 2. The van der Waals surface area contributed by atoms with Crippen LogP contribution in [0.5, 0.6) is 5.75 Å². The number of hydrogen-bond donors (Lipinski definition) is 2. The molecule has 1 aliphatic heterocycles. The summed E-state index contributed by atoms with van der Waals surface area (Å²) in [6, 6.07) is 8.04. The summed E-state index contributed by atoms with van der Waals surface area (Å²) in [5.41, 5.74) is 1.07. The molecule has 0 amide bonds. The van der Waals surface area contributed by atoms with Gasteiger partial charge >= 0.3 is 0 Å². The molecule has 1 saturated carbocycles. The minimum atomic E-state index is 0.375. The predicted octanol–water partition coefficient (Wildman–Crippen LogP) is 2.06. The Morgan fingerprint density at radius 2 is 2.00 bits per heavy atom. The van der Waals surface area contributed by atoms with Crippen molar-refractivity contribution < 1.29 is 5.11 Å². The fraction of sp³-hybridized carbons (Fsp3) is 0.500. The Morgan fingerprint density at radius 3 is 2.79 bits per heavy atom. The summed E-state index contributed by atoms with van der Waals surface area (Å²) in [6.07, 6.45) is 2.58. The van der Waals surface area contributed by atoms with E-state index in [2.05, 4.69) is 5.32 Å². The highest BCUT2D eigenvalue weighted by atomic mass is 16.3. The number of fused-ring (bicyclic) bond motifs is 1. The summed E-state index contributed by atoms with van der Waals surface area (Å²) < 4.78 is 0. The number of phenols is 1. The SMILES string of the molecule is Oc1ccccc1C1CC2CC2CN1. The molecule has 2 aliphatic rings. The maximum atomic E-state index is 9.72. The van der Waals surface area contributed by atoms with Crippen molar-refractivity contribution in [2.24, 2.45) is 11.8 Å². The van der Waals surface area contributed by atoms with E-state index in [-0.39, 0.29) is 0 Å². The van der Waals surface area contributed by atoms with Crippen LogP contribution in [0.15, 0.2) is 24.3 Å². The van der Waals surface area contributed by atoms with Gasteiger partial charge in [-0.25, -0.2) is 0 Å². The van der Waals surface area contributed by atoms with Crippen LogP contribution in [0.4, 0.5) is 0 Å². The van der Waals surface area contributed by atoms with E-state index in [9.17, 15) is 5.11 Å². The molecule has 2 nitrogen and oxygen atoms in total. The van der Waals surface area contributed by atoms with Crippen molar-refractivity contribution in [3.63, 3.8) is 0 Å². The molecule has 1 saturated heterocycles. The predicted molar refractivity (Wildman–Crippen MR) is 55.1 cm³/mol. The molecule has 3 unspecified atom stereocenters. The van der Waals surface area contributed by atoms with Crippen molar-refractivity contribution in [2.45, 2.75) is 18.9 Å². The normalized spacial score (nSPS) is 35.0. The third kappa shape index (κ3) is 1.30. The van der Waals surface area contributed by atoms with Crippen molar-refractivity contribution in [3.05, 3.63) is 29.8 Å². The van der Waals surface area contributed by atoms with Gasteiger partial charge in [-0.15, -0.1) is 0 Å². The molecule has 2 fully saturated rings. The second-order valence-corrected chi connectivity index (χ2v) is 4.51. The lowest BCUT2D eigenvalue weighted by Gasteiger charge is -2.23. The van der Waals surface area contributed by atoms with Gasteiger partial charge in [0.15, 0.2) is 0 Å². The number of nitrogens with one attached hydrogen (secondary N) is 1. The molecule has 1 aromatic rings. The first-order chi connectivity index (χ1) is 6.84. The topological polar surface area (TPSA) is 32.3 Å². The van der Waals surface area contributed by atoms with Crippen LogP contribution in [0.25, 0.3) is 0 Å². The van der Waals surface area contributed by atoms with Crippen molar-refractivity contribution in [1.29, 1.82) is 0 Å². The number of para-hydroxylation sites is 1. The zero-order valence-corrected chi connectivity index (χ0v) is 8.11. The van der Waals surface area contributed by atoms with Crippen molar-refractivity contribution >= 4 is 0 Å². The van der Waals surface area contributed by atoms with Gasteiger partial charge in [0, 0.05) is 11.6 Å². The van der Waals surface area contributed by atoms with Gasteiger partial charge in [-0.2, -0.15) is 0 Å². The molecule has 0 aromatic heterocycles. The molecular formula is C12H15NO. The zero-order valence-electron chi connectivity index (χ0n) is 8.11. The van der Waals surface area contributed by atoms with Gasteiger partial charge in [0.05, 0.1) is 0 Å². The molecule has 74 valence electrons. The largest absolute Gasteiger partial charge is 0.508 e. The molecular weight excluding hydrogens is 174 g/mol. The molecule has 3 atom stereocenters. The third-order valence-corrected chi connectivity index (χ3v) is 3.55. The van der Waals surface area contributed by atoms with E-state index in [0.29, 0.717) is 11.8 Å². The molecule has 2 N–H and O–H groups in total. The molecule has 0 spiro atoms. The lowest BCUT2D eigenvalue weighted by Crippen LogP contribution is -2.28. The van der Waals surface area contributed by atoms with Crippen LogP contribution in [0.1, 0.15) is 24.4 Å². The molecule has 2 heteroatoms. The molecule has 1 aromatic carbocycles. The highest BCUT2D eigenvalue weighted by Crippen LogP contribution is 2.48. The lowest BCUT2D eigenvalue weighted by atomic mass is 9.97. The van der Waals surface area contributed by atoms with Crippen molar-refractivity contribution in [3.8, 4) is 5.75 Å². The van der Waals surface area contributed by atoms with E-state index in [1.54, 1.807) is 6.07 Å². The van der Waals surface area contributed by atoms with Crippen molar-refractivity contribution in [1.82, 2.24) is 5.32 Å². The van der Waals surface area contributed by atoms with E-state index >= 15 is 0 Å². The van der Waals surface area contributed by atoms with Gasteiger partial charge < -0.3 is 10.4 Å². The Labute approximate surface area is 84.0 Å². The average Bonchev–Trinajstić information content (AvgIpc) is 2.96. The summed E-state index contributed by atoms with van der Waals surface area (Å²) in [5.74, 6) is 2.28. The molecule has 3 rings (SSSR count). The first kappa shape index (κ1) is 8.30. The monoisotopic (exact) mass is 189 g/mol. The Kier molecular flexibility index (Phi) is 1.77. The Morgan fingerprint density at radius 1 is 1.14 bits per heavy atom.